The van der Waals surface area contributed by atoms with Gasteiger partial charge in [-0.1, -0.05) is 73.5 Å². The summed E-state index contributed by atoms with van der Waals surface area (Å²) in [4.78, 5) is 27.5. The fraction of sp³-hybridized carbons (Fsp3) is 0.231. The van der Waals surface area contributed by atoms with Gasteiger partial charge in [0.2, 0.25) is 0 Å². The third kappa shape index (κ3) is 4.67. The van der Waals surface area contributed by atoms with Crippen LogP contribution < -0.4 is 4.74 Å². The van der Waals surface area contributed by atoms with E-state index in [9.17, 15) is 9.59 Å². The fourth-order valence-corrected chi connectivity index (χ4v) is 4.46. The van der Waals surface area contributed by atoms with Gasteiger partial charge in [0.25, 0.3) is 11.1 Å². The standard InChI is InChI=1S/C26H25NO3S/c1-3-4-14-30-23-13-12-20-10-5-6-11-21(20)22(23)16-24-25(28)27(26(29)31-24)17-19-9-7-8-18(2)15-19/h5-13,15-16H,3-4,14,17H2,1-2H3/b24-16-. The van der Waals surface area contributed by atoms with E-state index in [4.69, 9.17) is 4.74 Å². The van der Waals surface area contributed by atoms with Gasteiger partial charge in [-0.3, -0.25) is 14.5 Å². The molecule has 3 aromatic rings. The zero-order chi connectivity index (χ0) is 21.8. The van der Waals surface area contributed by atoms with Crippen LogP contribution in [-0.2, 0) is 11.3 Å². The monoisotopic (exact) mass is 431 g/mol. The number of unbranched alkanes of at least 4 members (excludes halogenated alkanes) is 1. The Hall–Kier alpha value is -3.05. The first-order chi connectivity index (χ1) is 15.1. The lowest BCUT2D eigenvalue weighted by Crippen LogP contribution is -2.27. The molecular weight excluding hydrogens is 406 g/mol. The highest BCUT2D eigenvalue weighted by Crippen LogP contribution is 2.37. The van der Waals surface area contributed by atoms with Crippen LogP contribution in [0.2, 0.25) is 0 Å². The van der Waals surface area contributed by atoms with Crippen LogP contribution >= 0.6 is 11.8 Å². The van der Waals surface area contributed by atoms with Gasteiger partial charge >= 0.3 is 0 Å². The average molecular weight is 432 g/mol. The summed E-state index contributed by atoms with van der Waals surface area (Å²) < 4.78 is 6.03. The second-order valence-electron chi connectivity index (χ2n) is 7.66. The van der Waals surface area contributed by atoms with E-state index < -0.39 is 0 Å². The number of fused-ring (bicyclic) bond motifs is 1. The Morgan fingerprint density at radius 1 is 1.03 bits per heavy atom. The summed E-state index contributed by atoms with van der Waals surface area (Å²) in [6.07, 6.45) is 3.81. The van der Waals surface area contributed by atoms with Gasteiger partial charge in [-0.15, -0.1) is 0 Å². The van der Waals surface area contributed by atoms with E-state index in [1.165, 1.54) is 4.90 Å². The molecule has 0 atom stereocenters. The van der Waals surface area contributed by atoms with E-state index in [1.807, 2.05) is 73.7 Å². The summed E-state index contributed by atoms with van der Waals surface area (Å²) in [5.74, 6) is 0.474. The van der Waals surface area contributed by atoms with Gasteiger partial charge in [-0.25, -0.2) is 0 Å². The van der Waals surface area contributed by atoms with Gasteiger partial charge in [0.05, 0.1) is 18.1 Å². The molecule has 158 valence electrons. The molecule has 1 aliphatic heterocycles. The van der Waals surface area contributed by atoms with Crippen molar-refractivity contribution in [3.05, 3.63) is 82.3 Å². The number of hydrogen-bond acceptors (Lipinski definition) is 4. The number of amides is 2. The maximum Gasteiger partial charge on any atom is 0.293 e. The van der Waals surface area contributed by atoms with Crippen LogP contribution in [0.1, 0.15) is 36.5 Å². The van der Waals surface area contributed by atoms with Crippen molar-refractivity contribution in [3.8, 4) is 5.75 Å². The third-order valence-corrected chi connectivity index (χ3v) is 6.17. The molecule has 0 spiro atoms. The zero-order valence-electron chi connectivity index (χ0n) is 17.8. The molecule has 0 radical (unpaired) electrons. The van der Waals surface area contributed by atoms with Gasteiger partial charge in [-0.05, 0) is 53.6 Å². The lowest BCUT2D eigenvalue weighted by Gasteiger charge is -2.13. The summed E-state index contributed by atoms with van der Waals surface area (Å²) >= 11 is 0.989. The van der Waals surface area contributed by atoms with Gasteiger partial charge in [0.1, 0.15) is 5.75 Å². The molecule has 4 nitrogen and oxygen atoms in total. The number of hydrogen-bond donors (Lipinski definition) is 0. The Labute approximate surface area is 186 Å². The lowest BCUT2D eigenvalue weighted by atomic mass is 10.0. The molecule has 1 aliphatic rings. The number of carbonyl (C=O) groups excluding carboxylic acids is 2. The molecule has 1 heterocycles. The summed E-state index contributed by atoms with van der Waals surface area (Å²) in [6, 6.07) is 19.8. The van der Waals surface area contributed by atoms with Crippen molar-refractivity contribution in [2.75, 3.05) is 6.61 Å². The minimum Gasteiger partial charge on any atom is -0.493 e. The van der Waals surface area contributed by atoms with Gasteiger partial charge < -0.3 is 4.74 Å². The molecular formula is C26H25NO3S. The highest BCUT2D eigenvalue weighted by atomic mass is 32.2. The fourth-order valence-electron chi connectivity index (χ4n) is 3.64. The summed E-state index contributed by atoms with van der Waals surface area (Å²) in [6.45, 7) is 5.01. The number of ether oxygens (including phenoxy) is 1. The van der Waals surface area contributed by atoms with Gasteiger partial charge in [0, 0.05) is 5.56 Å². The van der Waals surface area contributed by atoms with Crippen molar-refractivity contribution < 1.29 is 14.3 Å². The minimum atomic E-state index is -0.260. The molecule has 1 saturated heterocycles. The number of nitrogens with zero attached hydrogens (tertiary/aromatic N) is 1. The van der Waals surface area contributed by atoms with Crippen LogP contribution in [0, 0.1) is 6.92 Å². The molecule has 5 heteroatoms. The van der Waals surface area contributed by atoms with Crippen LogP contribution in [-0.4, -0.2) is 22.7 Å². The Kier molecular flexibility index (Phi) is 6.42. The maximum absolute atomic E-state index is 13.1. The van der Waals surface area contributed by atoms with E-state index >= 15 is 0 Å². The third-order valence-electron chi connectivity index (χ3n) is 5.26. The van der Waals surface area contributed by atoms with Crippen LogP contribution in [0.15, 0.2) is 65.6 Å². The number of aryl methyl sites for hydroxylation is 1. The smallest absolute Gasteiger partial charge is 0.293 e. The van der Waals surface area contributed by atoms with Crippen LogP contribution in [0.25, 0.3) is 16.8 Å². The Morgan fingerprint density at radius 3 is 2.68 bits per heavy atom. The molecule has 0 N–H and O–H groups in total. The quantitative estimate of drug-likeness (QED) is 0.314. The molecule has 0 aliphatic carbocycles. The Balaban J connectivity index is 1.68. The molecule has 0 saturated carbocycles. The molecule has 1 fully saturated rings. The average Bonchev–Trinajstić information content (AvgIpc) is 3.02. The molecule has 0 unspecified atom stereocenters. The first kappa shape index (κ1) is 21.2. The number of benzene rings is 3. The molecule has 31 heavy (non-hydrogen) atoms. The number of imide groups is 1. The van der Waals surface area contributed by atoms with Crippen LogP contribution in [0.3, 0.4) is 0 Å². The molecule has 2 amide bonds. The molecule has 3 aromatic carbocycles. The normalized spacial score (nSPS) is 15.3. The van der Waals surface area contributed by atoms with Crippen molar-refractivity contribution in [3.63, 3.8) is 0 Å². The van der Waals surface area contributed by atoms with Crippen LogP contribution in [0.4, 0.5) is 4.79 Å². The lowest BCUT2D eigenvalue weighted by molar-refractivity contribution is -0.123. The van der Waals surface area contributed by atoms with Crippen molar-refractivity contribution in [1.29, 1.82) is 0 Å². The number of rotatable bonds is 7. The first-order valence-electron chi connectivity index (χ1n) is 10.5. The summed E-state index contributed by atoms with van der Waals surface area (Å²) in [5.41, 5.74) is 2.89. The van der Waals surface area contributed by atoms with Crippen molar-refractivity contribution in [2.45, 2.75) is 33.2 Å². The second kappa shape index (κ2) is 9.40. The van der Waals surface area contributed by atoms with E-state index in [1.54, 1.807) is 0 Å². The molecule has 0 aromatic heterocycles. The highest BCUT2D eigenvalue weighted by Gasteiger charge is 2.35. The van der Waals surface area contributed by atoms with Crippen molar-refractivity contribution in [2.24, 2.45) is 0 Å². The molecule has 4 rings (SSSR count). The first-order valence-corrected chi connectivity index (χ1v) is 11.3. The zero-order valence-corrected chi connectivity index (χ0v) is 18.6. The predicted octanol–water partition coefficient (Wildman–Crippen LogP) is 6.56. The second-order valence-corrected chi connectivity index (χ2v) is 8.65. The minimum absolute atomic E-state index is 0.244. The van der Waals surface area contributed by atoms with Crippen molar-refractivity contribution >= 4 is 39.8 Å². The Morgan fingerprint density at radius 2 is 1.87 bits per heavy atom. The van der Waals surface area contributed by atoms with E-state index in [0.717, 1.165) is 57.8 Å². The summed E-state index contributed by atoms with van der Waals surface area (Å²) in [5, 5.41) is 1.82. The van der Waals surface area contributed by atoms with E-state index in [2.05, 4.69) is 6.92 Å². The van der Waals surface area contributed by atoms with E-state index in [-0.39, 0.29) is 17.7 Å². The number of thioether (sulfide) groups is 1. The SMILES string of the molecule is CCCCOc1ccc2ccccc2c1/C=C1\SC(=O)N(Cc2cccc(C)c2)C1=O. The number of carbonyl (C=O) groups is 2. The topological polar surface area (TPSA) is 46.6 Å². The van der Waals surface area contributed by atoms with Crippen LogP contribution in [0.5, 0.6) is 5.75 Å². The van der Waals surface area contributed by atoms with Gasteiger partial charge in [0.15, 0.2) is 0 Å². The van der Waals surface area contributed by atoms with Crippen molar-refractivity contribution in [1.82, 2.24) is 4.90 Å². The maximum atomic E-state index is 13.1. The predicted molar refractivity (Wildman–Crippen MR) is 127 cm³/mol. The highest BCUT2D eigenvalue weighted by molar-refractivity contribution is 8.18. The largest absolute Gasteiger partial charge is 0.493 e. The molecule has 0 bridgehead atoms. The van der Waals surface area contributed by atoms with Gasteiger partial charge in [-0.2, -0.15) is 0 Å². The Bertz CT molecular complexity index is 1170. The van der Waals surface area contributed by atoms with E-state index in [0.29, 0.717) is 11.5 Å². The summed E-state index contributed by atoms with van der Waals surface area (Å²) in [7, 11) is 0.